The molecule has 3 nitrogen and oxygen atoms in total. The minimum Gasteiger partial charge on any atom is -0.315 e. The van der Waals surface area contributed by atoms with Crippen LogP contribution >= 0.6 is 0 Å². The van der Waals surface area contributed by atoms with Gasteiger partial charge in [0.2, 0.25) is 0 Å². The van der Waals surface area contributed by atoms with Crippen LogP contribution in [0.4, 0.5) is 0 Å². The molecule has 1 fully saturated rings. The molecule has 0 bridgehead atoms. The summed E-state index contributed by atoms with van der Waals surface area (Å²) in [6.45, 7) is 15.3. The summed E-state index contributed by atoms with van der Waals surface area (Å²) in [6, 6.07) is 0. The largest absolute Gasteiger partial charge is 0.315 e. The van der Waals surface area contributed by atoms with Gasteiger partial charge in [-0.15, -0.1) is 0 Å². The Morgan fingerprint density at radius 2 is 2.05 bits per heavy atom. The van der Waals surface area contributed by atoms with E-state index in [1.54, 1.807) is 5.57 Å². The van der Waals surface area contributed by atoms with Crippen molar-refractivity contribution in [1.82, 2.24) is 15.5 Å². The summed E-state index contributed by atoms with van der Waals surface area (Å²) in [7, 11) is 0. The fourth-order valence-corrected chi connectivity index (χ4v) is 3.65. The van der Waals surface area contributed by atoms with Gasteiger partial charge in [-0.25, -0.2) is 0 Å². The van der Waals surface area contributed by atoms with E-state index in [1.165, 1.54) is 32.6 Å². The fraction of sp³-hybridized carbons (Fsp3) is 0.875. The molecule has 2 N–H and O–H groups in total. The Balaban J connectivity index is 1.64. The zero-order chi connectivity index (χ0) is 13.7. The average molecular weight is 265 g/mol. The summed E-state index contributed by atoms with van der Waals surface area (Å²) in [4.78, 5) is 2.56. The molecule has 0 aromatic rings. The van der Waals surface area contributed by atoms with Gasteiger partial charge in [0.15, 0.2) is 0 Å². The predicted molar refractivity (Wildman–Crippen MR) is 82.4 cm³/mol. The third kappa shape index (κ3) is 4.59. The highest BCUT2D eigenvalue weighted by molar-refractivity contribution is 5.08. The average Bonchev–Trinajstić information content (AvgIpc) is 2.38. The molecule has 0 spiro atoms. The predicted octanol–water partition coefficient (Wildman–Crippen LogP) is 1.72. The van der Waals surface area contributed by atoms with Crippen molar-refractivity contribution in [2.24, 2.45) is 17.8 Å². The zero-order valence-corrected chi connectivity index (χ0v) is 12.9. The molecule has 1 aliphatic heterocycles. The zero-order valence-electron chi connectivity index (χ0n) is 12.9. The topological polar surface area (TPSA) is 27.3 Å². The van der Waals surface area contributed by atoms with E-state index in [0.29, 0.717) is 0 Å². The molecule has 0 saturated carbocycles. The number of hydrogen-bond acceptors (Lipinski definition) is 3. The second-order valence-electron chi connectivity index (χ2n) is 6.51. The van der Waals surface area contributed by atoms with Crippen molar-refractivity contribution in [2.45, 2.75) is 27.2 Å². The lowest BCUT2D eigenvalue weighted by Gasteiger charge is -2.33. The first kappa shape index (κ1) is 15.0. The van der Waals surface area contributed by atoms with Gasteiger partial charge in [0.1, 0.15) is 0 Å². The molecule has 2 rings (SSSR count). The van der Waals surface area contributed by atoms with Crippen molar-refractivity contribution < 1.29 is 0 Å². The fourth-order valence-electron chi connectivity index (χ4n) is 3.65. The molecular formula is C16H31N3. The number of piperazine rings is 1. The molecule has 0 radical (unpaired) electrons. The molecule has 1 aliphatic carbocycles. The lowest BCUT2D eigenvalue weighted by atomic mass is 9.75. The van der Waals surface area contributed by atoms with Crippen molar-refractivity contribution in [3.05, 3.63) is 11.6 Å². The van der Waals surface area contributed by atoms with Gasteiger partial charge in [0, 0.05) is 39.3 Å². The van der Waals surface area contributed by atoms with Gasteiger partial charge in [0.25, 0.3) is 0 Å². The molecule has 110 valence electrons. The van der Waals surface area contributed by atoms with Gasteiger partial charge in [-0.1, -0.05) is 25.5 Å². The van der Waals surface area contributed by atoms with Crippen molar-refractivity contribution in [1.29, 1.82) is 0 Å². The van der Waals surface area contributed by atoms with Crippen molar-refractivity contribution in [3.63, 3.8) is 0 Å². The van der Waals surface area contributed by atoms with Gasteiger partial charge < -0.3 is 10.6 Å². The number of nitrogens with zero attached hydrogens (tertiary/aromatic N) is 1. The molecule has 1 saturated heterocycles. The smallest absolute Gasteiger partial charge is 0.0108 e. The molecular weight excluding hydrogens is 234 g/mol. The normalized spacial score (nSPS) is 33.2. The van der Waals surface area contributed by atoms with E-state index in [-0.39, 0.29) is 0 Å². The molecule has 1 heterocycles. The highest BCUT2D eigenvalue weighted by Gasteiger charge is 2.26. The Morgan fingerprint density at radius 3 is 2.74 bits per heavy atom. The molecule has 19 heavy (non-hydrogen) atoms. The van der Waals surface area contributed by atoms with Gasteiger partial charge in [0.05, 0.1) is 0 Å². The van der Waals surface area contributed by atoms with E-state index >= 15 is 0 Å². The van der Waals surface area contributed by atoms with Crippen molar-refractivity contribution in [2.75, 3.05) is 45.8 Å². The van der Waals surface area contributed by atoms with E-state index in [0.717, 1.165) is 37.4 Å². The van der Waals surface area contributed by atoms with Crippen molar-refractivity contribution in [3.8, 4) is 0 Å². The molecule has 3 heteroatoms. The molecule has 0 amide bonds. The third-order valence-corrected chi connectivity index (χ3v) is 4.79. The molecule has 0 aromatic carbocycles. The van der Waals surface area contributed by atoms with Crippen LogP contribution in [0.3, 0.4) is 0 Å². The second-order valence-corrected chi connectivity index (χ2v) is 6.51. The molecule has 2 aliphatic rings. The SMILES string of the molecule is CC1=C[C@H](C)[C@H](CNCCN2CCNCC2)[C@H](C)C1. The Morgan fingerprint density at radius 1 is 1.32 bits per heavy atom. The Labute approximate surface area is 118 Å². The highest BCUT2D eigenvalue weighted by Crippen LogP contribution is 2.32. The molecule has 0 unspecified atom stereocenters. The van der Waals surface area contributed by atoms with Crippen molar-refractivity contribution >= 4 is 0 Å². The minimum absolute atomic E-state index is 0.732. The standard InChI is InChI=1S/C16H31N3/c1-13-10-14(2)16(15(3)11-13)12-18-6-9-19-7-4-17-5-8-19/h10,14-18H,4-9,11-12H2,1-3H3/t14-,15+,16-/m0/s1. The molecule has 3 atom stereocenters. The van der Waals surface area contributed by atoms with Gasteiger partial charge in [-0.05, 0) is 37.6 Å². The number of hydrogen-bond donors (Lipinski definition) is 2. The lowest BCUT2D eigenvalue weighted by Crippen LogP contribution is -2.46. The van der Waals surface area contributed by atoms with Crippen LogP contribution in [0.5, 0.6) is 0 Å². The van der Waals surface area contributed by atoms with Crippen LogP contribution in [0, 0.1) is 17.8 Å². The first-order chi connectivity index (χ1) is 9.16. The monoisotopic (exact) mass is 265 g/mol. The van der Waals surface area contributed by atoms with Gasteiger partial charge in [-0.2, -0.15) is 0 Å². The third-order valence-electron chi connectivity index (χ3n) is 4.79. The first-order valence-corrected chi connectivity index (χ1v) is 7.98. The van der Waals surface area contributed by atoms with Gasteiger partial charge in [-0.3, -0.25) is 4.90 Å². The summed E-state index contributed by atoms with van der Waals surface area (Å²) in [6.07, 6.45) is 3.76. The Bertz CT molecular complexity index is 294. The van der Waals surface area contributed by atoms with E-state index in [4.69, 9.17) is 0 Å². The molecule has 0 aromatic heterocycles. The van der Waals surface area contributed by atoms with E-state index in [1.807, 2.05) is 0 Å². The van der Waals surface area contributed by atoms with Crippen LogP contribution in [-0.2, 0) is 0 Å². The summed E-state index contributed by atoms with van der Waals surface area (Å²) < 4.78 is 0. The maximum Gasteiger partial charge on any atom is 0.0108 e. The quantitative estimate of drug-likeness (QED) is 0.585. The maximum absolute atomic E-state index is 3.69. The van der Waals surface area contributed by atoms with E-state index in [9.17, 15) is 0 Å². The van der Waals surface area contributed by atoms with Crippen LogP contribution in [0.2, 0.25) is 0 Å². The number of rotatable bonds is 5. The summed E-state index contributed by atoms with van der Waals surface area (Å²) in [5.74, 6) is 2.37. The second kappa shape index (κ2) is 7.41. The lowest BCUT2D eigenvalue weighted by molar-refractivity contribution is 0.227. The summed E-state index contributed by atoms with van der Waals surface area (Å²) >= 11 is 0. The van der Waals surface area contributed by atoms with Crippen LogP contribution in [0.25, 0.3) is 0 Å². The van der Waals surface area contributed by atoms with Crippen LogP contribution in [0.15, 0.2) is 11.6 Å². The first-order valence-electron chi connectivity index (χ1n) is 7.98. The maximum atomic E-state index is 3.69. The van der Waals surface area contributed by atoms with E-state index < -0.39 is 0 Å². The van der Waals surface area contributed by atoms with Crippen LogP contribution in [0.1, 0.15) is 27.2 Å². The minimum atomic E-state index is 0.732. The van der Waals surface area contributed by atoms with Crippen LogP contribution < -0.4 is 10.6 Å². The number of allylic oxidation sites excluding steroid dienone is 2. The van der Waals surface area contributed by atoms with Gasteiger partial charge >= 0.3 is 0 Å². The summed E-state index contributed by atoms with van der Waals surface area (Å²) in [5, 5.41) is 7.09. The number of nitrogens with one attached hydrogen (secondary N) is 2. The Kier molecular flexibility index (Phi) is 5.86. The summed E-state index contributed by atoms with van der Waals surface area (Å²) in [5.41, 5.74) is 1.58. The van der Waals surface area contributed by atoms with Crippen LogP contribution in [-0.4, -0.2) is 50.7 Å². The van der Waals surface area contributed by atoms with E-state index in [2.05, 4.69) is 42.4 Å². The highest BCUT2D eigenvalue weighted by atomic mass is 15.2. The Hall–Kier alpha value is -0.380.